The Kier molecular flexibility index (Phi) is 2.46. The lowest BCUT2D eigenvalue weighted by molar-refractivity contribution is -0.114. The van der Waals surface area contributed by atoms with Crippen LogP contribution in [0, 0.1) is 5.92 Å². The number of allylic oxidation sites excluding steroid dienone is 1. The van der Waals surface area contributed by atoms with Gasteiger partial charge < -0.3 is 0 Å². The third-order valence-electron chi connectivity index (χ3n) is 1.15. The van der Waals surface area contributed by atoms with E-state index in [-0.39, 0.29) is 5.78 Å². The molecule has 0 aromatic heterocycles. The average Bonchev–Trinajstić information content (AvgIpc) is 1.64. The standard InChI is InChI=1S/C7H12O/c1-5(2)6(3)7(4)8/h5H,3H2,1-2,4H3. The van der Waals surface area contributed by atoms with Gasteiger partial charge in [-0.15, -0.1) is 0 Å². The normalized spacial score (nSPS) is 9.50. The largest absolute Gasteiger partial charge is 0.295 e. The second kappa shape index (κ2) is 2.65. The molecule has 0 aromatic carbocycles. The van der Waals surface area contributed by atoms with E-state index in [1.54, 1.807) is 6.92 Å². The summed E-state index contributed by atoms with van der Waals surface area (Å²) in [5.74, 6) is 0.396. The first kappa shape index (κ1) is 7.41. The number of carbonyl (C=O) groups excluding carboxylic acids is 1. The van der Waals surface area contributed by atoms with E-state index in [9.17, 15) is 4.79 Å². The van der Waals surface area contributed by atoms with Gasteiger partial charge in [0.2, 0.25) is 0 Å². The van der Waals surface area contributed by atoms with Gasteiger partial charge in [-0.3, -0.25) is 4.79 Å². The predicted molar refractivity (Wildman–Crippen MR) is 34.7 cm³/mol. The van der Waals surface area contributed by atoms with Gasteiger partial charge in [-0.25, -0.2) is 0 Å². The monoisotopic (exact) mass is 112 g/mol. The van der Waals surface area contributed by atoms with Crippen molar-refractivity contribution in [3.05, 3.63) is 12.2 Å². The molecule has 0 aliphatic rings. The molecular formula is C7H12O. The van der Waals surface area contributed by atoms with E-state index >= 15 is 0 Å². The van der Waals surface area contributed by atoms with Crippen molar-refractivity contribution in [1.29, 1.82) is 0 Å². The third kappa shape index (κ3) is 1.92. The highest BCUT2D eigenvalue weighted by atomic mass is 16.1. The van der Waals surface area contributed by atoms with Gasteiger partial charge in [0.25, 0.3) is 0 Å². The van der Waals surface area contributed by atoms with Gasteiger partial charge in [0.1, 0.15) is 0 Å². The molecule has 0 aliphatic heterocycles. The lowest BCUT2D eigenvalue weighted by Crippen LogP contribution is -2.01. The molecule has 1 nitrogen and oxygen atoms in total. The maximum atomic E-state index is 10.5. The van der Waals surface area contributed by atoms with Crippen LogP contribution in [0.4, 0.5) is 0 Å². The van der Waals surface area contributed by atoms with Crippen LogP contribution in [-0.2, 0) is 4.79 Å². The number of hydrogen-bond donors (Lipinski definition) is 0. The number of ketones is 1. The molecule has 8 heavy (non-hydrogen) atoms. The van der Waals surface area contributed by atoms with E-state index in [0.717, 1.165) is 0 Å². The number of Topliss-reactive ketones (excluding diaryl/α,β-unsaturated/α-hetero) is 1. The molecule has 46 valence electrons. The minimum Gasteiger partial charge on any atom is -0.295 e. The van der Waals surface area contributed by atoms with Crippen molar-refractivity contribution < 1.29 is 4.79 Å². The van der Waals surface area contributed by atoms with Crippen LogP contribution in [0.1, 0.15) is 20.8 Å². The lowest BCUT2D eigenvalue weighted by Gasteiger charge is -2.02. The lowest BCUT2D eigenvalue weighted by atomic mass is 10.0. The predicted octanol–water partition coefficient (Wildman–Crippen LogP) is 1.79. The minimum absolute atomic E-state index is 0.0972. The Labute approximate surface area is 50.4 Å². The summed E-state index contributed by atoms with van der Waals surface area (Å²) in [7, 11) is 0. The van der Waals surface area contributed by atoms with Crippen molar-refractivity contribution in [3.8, 4) is 0 Å². The summed E-state index contributed by atoms with van der Waals surface area (Å²) in [4.78, 5) is 10.5. The molecule has 0 N–H and O–H groups in total. The smallest absolute Gasteiger partial charge is 0.155 e. The van der Waals surface area contributed by atoms with Crippen LogP contribution in [0.25, 0.3) is 0 Å². The topological polar surface area (TPSA) is 17.1 Å². The molecule has 0 spiro atoms. The highest BCUT2D eigenvalue weighted by molar-refractivity contribution is 5.92. The fraction of sp³-hybridized carbons (Fsp3) is 0.571. The van der Waals surface area contributed by atoms with Crippen molar-refractivity contribution in [2.24, 2.45) is 5.92 Å². The van der Waals surface area contributed by atoms with Crippen LogP contribution in [0.2, 0.25) is 0 Å². The SMILES string of the molecule is C=C(C(C)=O)C(C)C. The molecule has 0 aromatic rings. The van der Waals surface area contributed by atoms with E-state index in [1.165, 1.54) is 0 Å². The first-order valence-electron chi connectivity index (χ1n) is 2.75. The Hall–Kier alpha value is -0.590. The second-order valence-electron chi connectivity index (χ2n) is 2.24. The first-order valence-corrected chi connectivity index (χ1v) is 2.75. The first-order chi connectivity index (χ1) is 3.55. The van der Waals surface area contributed by atoms with Crippen LogP contribution >= 0.6 is 0 Å². The zero-order chi connectivity index (χ0) is 6.73. The number of hydrogen-bond acceptors (Lipinski definition) is 1. The van der Waals surface area contributed by atoms with Crippen LogP contribution in [0.3, 0.4) is 0 Å². The number of carbonyl (C=O) groups is 1. The number of rotatable bonds is 2. The van der Waals surface area contributed by atoms with E-state index in [1.807, 2.05) is 13.8 Å². The molecule has 0 unspecified atom stereocenters. The summed E-state index contributed by atoms with van der Waals surface area (Å²) >= 11 is 0. The summed E-state index contributed by atoms with van der Waals surface area (Å²) in [5, 5.41) is 0. The Bertz CT molecular complexity index is 112. The van der Waals surface area contributed by atoms with Gasteiger partial charge in [0, 0.05) is 0 Å². The van der Waals surface area contributed by atoms with E-state index < -0.39 is 0 Å². The van der Waals surface area contributed by atoms with Crippen LogP contribution in [-0.4, -0.2) is 5.78 Å². The quantitative estimate of drug-likeness (QED) is 0.498. The summed E-state index contributed by atoms with van der Waals surface area (Å²) in [6, 6.07) is 0. The molecule has 0 saturated heterocycles. The van der Waals surface area contributed by atoms with E-state index in [4.69, 9.17) is 0 Å². The molecular weight excluding hydrogens is 100 g/mol. The van der Waals surface area contributed by atoms with Gasteiger partial charge >= 0.3 is 0 Å². The molecule has 1 heteroatoms. The van der Waals surface area contributed by atoms with Gasteiger partial charge in [-0.1, -0.05) is 20.4 Å². The molecule has 0 amide bonds. The van der Waals surface area contributed by atoms with Crippen molar-refractivity contribution in [2.75, 3.05) is 0 Å². The Balaban J connectivity index is 3.84. The minimum atomic E-state index is 0.0972. The molecule has 0 aliphatic carbocycles. The average molecular weight is 112 g/mol. The van der Waals surface area contributed by atoms with Crippen molar-refractivity contribution in [3.63, 3.8) is 0 Å². The Morgan fingerprint density at radius 2 is 1.88 bits per heavy atom. The van der Waals surface area contributed by atoms with Crippen molar-refractivity contribution >= 4 is 5.78 Å². The van der Waals surface area contributed by atoms with Crippen LogP contribution in [0.5, 0.6) is 0 Å². The van der Waals surface area contributed by atoms with E-state index in [0.29, 0.717) is 11.5 Å². The molecule has 0 heterocycles. The van der Waals surface area contributed by atoms with Gasteiger partial charge in [-0.2, -0.15) is 0 Å². The summed E-state index contributed by atoms with van der Waals surface area (Å²) in [6.45, 7) is 9.07. The molecule has 0 atom stereocenters. The fourth-order valence-electron chi connectivity index (χ4n) is 0.407. The van der Waals surface area contributed by atoms with Gasteiger partial charge in [0.15, 0.2) is 5.78 Å². The maximum Gasteiger partial charge on any atom is 0.155 e. The molecule has 0 saturated carbocycles. The molecule has 0 bridgehead atoms. The summed E-state index contributed by atoms with van der Waals surface area (Å²) in [6.07, 6.45) is 0. The third-order valence-corrected chi connectivity index (χ3v) is 1.15. The van der Waals surface area contributed by atoms with Crippen LogP contribution < -0.4 is 0 Å². The fourth-order valence-corrected chi connectivity index (χ4v) is 0.407. The Morgan fingerprint density at radius 3 is 1.88 bits per heavy atom. The highest BCUT2D eigenvalue weighted by Crippen LogP contribution is 2.05. The maximum absolute atomic E-state index is 10.5. The molecule has 0 rings (SSSR count). The Morgan fingerprint density at radius 1 is 1.50 bits per heavy atom. The zero-order valence-corrected chi connectivity index (χ0v) is 5.69. The highest BCUT2D eigenvalue weighted by Gasteiger charge is 2.02. The summed E-state index contributed by atoms with van der Waals surface area (Å²) in [5.41, 5.74) is 0.713. The van der Waals surface area contributed by atoms with Gasteiger partial charge in [0.05, 0.1) is 0 Å². The zero-order valence-electron chi connectivity index (χ0n) is 5.69. The van der Waals surface area contributed by atoms with E-state index in [2.05, 4.69) is 6.58 Å². The van der Waals surface area contributed by atoms with Crippen molar-refractivity contribution in [2.45, 2.75) is 20.8 Å². The molecule has 0 fully saturated rings. The van der Waals surface area contributed by atoms with Crippen LogP contribution in [0.15, 0.2) is 12.2 Å². The molecule has 0 radical (unpaired) electrons. The van der Waals surface area contributed by atoms with Crippen molar-refractivity contribution in [1.82, 2.24) is 0 Å². The van der Waals surface area contributed by atoms with Gasteiger partial charge in [-0.05, 0) is 18.4 Å². The summed E-state index contributed by atoms with van der Waals surface area (Å²) < 4.78 is 0. The second-order valence-corrected chi connectivity index (χ2v) is 2.24.